The van der Waals surface area contributed by atoms with E-state index in [9.17, 15) is 0 Å². The molecule has 4 nitrogen and oxygen atoms in total. The highest BCUT2D eigenvalue weighted by atomic mass is 32.1. The second kappa shape index (κ2) is 6.71. The van der Waals surface area contributed by atoms with Gasteiger partial charge >= 0.3 is 0 Å². The van der Waals surface area contributed by atoms with Crippen molar-refractivity contribution < 1.29 is 0 Å². The minimum atomic E-state index is 0.876. The summed E-state index contributed by atoms with van der Waals surface area (Å²) in [6.45, 7) is 5.54. The number of hydrogen-bond donors (Lipinski definition) is 1. The molecule has 0 saturated carbocycles. The van der Waals surface area contributed by atoms with Crippen LogP contribution in [0.25, 0.3) is 10.2 Å². The maximum absolute atomic E-state index is 4.72. The first kappa shape index (κ1) is 14.7. The molecule has 1 fully saturated rings. The second-order valence-electron chi connectivity index (χ2n) is 5.89. The lowest BCUT2D eigenvalue weighted by Gasteiger charge is -2.31. The van der Waals surface area contributed by atoms with E-state index in [0.29, 0.717) is 0 Å². The van der Waals surface area contributed by atoms with Crippen LogP contribution in [0, 0.1) is 5.92 Å². The van der Waals surface area contributed by atoms with Gasteiger partial charge in [0, 0.05) is 7.05 Å². The van der Waals surface area contributed by atoms with E-state index < -0.39 is 0 Å². The largest absolute Gasteiger partial charge is 0.372 e. The van der Waals surface area contributed by atoms with Gasteiger partial charge in [-0.2, -0.15) is 0 Å². The molecule has 1 aliphatic heterocycles. The summed E-state index contributed by atoms with van der Waals surface area (Å²) in [5, 5.41) is 6.41. The molecule has 0 amide bonds. The molecule has 2 aromatic heterocycles. The molecule has 0 unspecified atom stereocenters. The van der Waals surface area contributed by atoms with E-state index in [4.69, 9.17) is 4.98 Å². The Balaban J connectivity index is 1.68. The van der Waals surface area contributed by atoms with Gasteiger partial charge in [-0.1, -0.05) is 19.8 Å². The number of aromatic nitrogens is 2. The standard InChI is InChI=1S/C16H24N4S/c1-3-4-12-5-8-20(9-6-12)11-14-18-15(17-2)13-7-10-21-16(13)19-14/h7,10,12H,3-6,8-9,11H2,1-2H3,(H,17,18,19). The molecule has 0 radical (unpaired) electrons. The minimum Gasteiger partial charge on any atom is -0.372 e. The van der Waals surface area contributed by atoms with Crippen LogP contribution in [0.15, 0.2) is 11.4 Å². The van der Waals surface area contributed by atoms with Crippen LogP contribution in [0.2, 0.25) is 0 Å². The van der Waals surface area contributed by atoms with E-state index in [1.165, 1.54) is 38.8 Å². The SMILES string of the molecule is CCCC1CCN(Cc2nc(NC)c3ccsc3n2)CC1. The normalized spacial score (nSPS) is 17.4. The Hall–Kier alpha value is -1.20. The molecule has 0 aromatic carbocycles. The van der Waals surface area contributed by atoms with Crippen molar-refractivity contribution in [2.24, 2.45) is 5.92 Å². The van der Waals surface area contributed by atoms with Gasteiger partial charge in [0.25, 0.3) is 0 Å². The number of thiophene rings is 1. The molecule has 1 N–H and O–H groups in total. The molecular weight excluding hydrogens is 280 g/mol. The van der Waals surface area contributed by atoms with Crippen molar-refractivity contribution in [1.29, 1.82) is 0 Å². The van der Waals surface area contributed by atoms with Gasteiger partial charge in [0.1, 0.15) is 16.5 Å². The number of fused-ring (bicyclic) bond motifs is 1. The Morgan fingerprint density at radius 2 is 2.14 bits per heavy atom. The highest BCUT2D eigenvalue weighted by Crippen LogP contribution is 2.26. The minimum absolute atomic E-state index is 0.876. The summed E-state index contributed by atoms with van der Waals surface area (Å²) in [5.74, 6) is 2.83. The van der Waals surface area contributed by atoms with Gasteiger partial charge in [-0.15, -0.1) is 11.3 Å². The summed E-state index contributed by atoms with van der Waals surface area (Å²) in [4.78, 5) is 13.0. The van der Waals surface area contributed by atoms with Crippen LogP contribution in [0.3, 0.4) is 0 Å². The molecular formula is C16H24N4S. The highest BCUT2D eigenvalue weighted by molar-refractivity contribution is 7.16. The van der Waals surface area contributed by atoms with Crippen molar-refractivity contribution in [3.05, 3.63) is 17.3 Å². The first-order valence-corrected chi connectivity index (χ1v) is 8.82. The number of nitrogens with one attached hydrogen (secondary N) is 1. The van der Waals surface area contributed by atoms with Crippen LogP contribution in [-0.4, -0.2) is 35.0 Å². The number of piperidine rings is 1. The third kappa shape index (κ3) is 3.35. The Morgan fingerprint density at radius 1 is 1.33 bits per heavy atom. The predicted octanol–water partition coefficient (Wildman–Crippen LogP) is 3.75. The second-order valence-corrected chi connectivity index (χ2v) is 6.78. The molecule has 5 heteroatoms. The molecule has 2 aromatic rings. The average Bonchev–Trinajstić information content (AvgIpc) is 2.97. The van der Waals surface area contributed by atoms with Gasteiger partial charge in [-0.05, 0) is 43.3 Å². The Bertz CT molecular complexity index is 587. The first-order valence-electron chi connectivity index (χ1n) is 7.94. The van der Waals surface area contributed by atoms with Crippen LogP contribution in [0.5, 0.6) is 0 Å². The zero-order valence-electron chi connectivity index (χ0n) is 12.9. The fraction of sp³-hybridized carbons (Fsp3) is 0.625. The van der Waals surface area contributed by atoms with Crippen LogP contribution in [0.4, 0.5) is 5.82 Å². The van der Waals surface area contributed by atoms with Gasteiger partial charge in [-0.3, -0.25) is 4.90 Å². The lowest BCUT2D eigenvalue weighted by atomic mass is 9.92. The van der Waals surface area contributed by atoms with Crippen LogP contribution >= 0.6 is 11.3 Å². The van der Waals surface area contributed by atoms with Crippen molar-refractivity contribution in [2.45, 2.75) is 39.2 Å². The molecule has 3 heterocycles. The van der Waals surface area contributed by atoms with Gasteiger partial charge in [0.2, 0.25) is 0 Å². The predicted molar refractivity (Wildman–Crippen MR) is 89.9 cm³/mol. The summed E-state index contributed by atoms with van der Waals surface area (Å²) in [6.07, 6.45) is 5.35. The van der Waals surface area contributed by atoms with E-state index in [1.54, 1.807) is 11.3 Å². The zero-order valence-corrected chi connectivity index (χ0v) is 13.7. The summed E-state index contributed by atoms with van der Waals surface area (Å²) in [7, 11) is 1.93. The quantitative estimate of drug-likeness (QED) is 0.913. The van der Waals surface area contributed by atoms with Crippen LogP contribution in [-0.2, 0) is 6.54 Å². The van der Waals surface area contributed by atoms with E-state index in [0.717, 1.165) is 34.3 Å². The average molecular weight is 304 g/mol. The molecule has 0 atom stereocenters. The molecule has 0 spiro atoms. The Kier molecular flexibility index (Phi) is 4.70. The topological polar surface area (TPSA) is 41.1 Å². The summed E-state index contributed by atoms with van der Waals surface area (Å²) < 4.78 is 0. The lowest BCUT2D eigenvalue weighted by Crippen LogP contribution is -2.33. The third-order valence-electron chi connectivity index (χ3n) is 4.38. The van der Waals surface area contributed by atoms with Gasteiger partial charge in [0.15, 0.2) is 0 Å². The molecule has 0 bridgehead atoms. The highest BCUT2D eigenvalue weighted by Gasteiger charge is 2.19. The fourth-order valence-electron chi connectivity index (χ4n) is 3.20. The molecule has 0 aliphatic carbocycles. The molecule has 3 rings (SSSR count). The van der Waals surface area contributed by atoms with Gasteiger partial charge in [0.05, 0.1) is 11.9 Å². The zero-order chi connectivity index (χ0) is 14.7. The molecule has 1 saturated heterocycles. The Labute approximate surface area is 130 Å². The van der Waals surface area contributed by atoms with Crippen molar-refractivity contribution in [3.8, 4) is 0 Å². The number of hydrogen-bond acceptors (Lipinski definition) is 5. The van der Waals surface area contributed by atoms with E-state index in [-0.39, 0.29) is 0 Å². The number of nitrogens with zero attached hydrogens (tertiary/aromatic N) is 3. The van der Waals surface area contributed by atoms with E-state index >= 15 is 0 Å². The smallest absolute Gasteiger partial charge is 0.146 e. The maximum Gasteiger partial charge on any atom is 0.146 e. The number of rotatable bonds is 5. The summed E-state index contributed by atoms with van der Waals surface area (Å²) >= 11 is 1.69. The molecule has 1 aliphatic rings. The van der Waals surface area contributed by atoms with Crippen molar-refractivity contribution in [3.63, 3.8) is 0 Å². The van der Waals surface area contributed by atoms with E-state index in [2.05, 4.69) is 33.6 Å². The number of anilines is 1. The monoisotopic (exact) mass is 304 g/mol. The first-order chi connectivity index (χ1) is 10.3. The fourth-order valence-corrected chi connectivity index (χ4v) is 3.99. The molecule has 21 heavy (non-hydrogen) atoms. The molecule has 114 valence electrons. The van der Waals surface area contributed by atoms with Crippen molar-refractivity contribution in [2.75, 3.05) is 25.5 Å². The van der Waals surface area contributed by atoms with Crippen LogP contribution < -0.4 is 5.32 Å². The van der Waals surface area contributed by atoms with Crippen LogP contribution in [0.1, 0.15) is 38.4 Å². The van der Waals surface area contributed by atoms with Gasteiger partial charge in [-0.25, -0.2) is 9.97 Å². The summed E-state index contributed by atoms with van der Waals surface area (Å²) in [5.41, 5.74) is 0. The Morgan fingerprint density at radius 3 is 2.86 bits per heavy atom. The summed E-state index contributed by atoms with van der Waals surface area (Å²) in [6, 6.07) is 2.09. The van der Waals surface area contributed by atoms with Crippen molar-refractivity contribution >= 4 is 27.4 Å². The number of likely N-dealkylation sites (tertiary alicyclic amines) is 1. The third-order valence-corrected chi connectivity index (χ3v) is 5.18. The maximum atomic E-state index is 4.72. The van der Waals surface area contributed by atoms with E-state index in [1.807, 2.05) is 7.05 Å². The van der Waals surface area contributed by atoms with Gasteiger partial charge < -0.3 is 5.32 Å². The lowest BCUT2D eigenvalue weighted by molar-refractivity contribution is 0.168. The van der Waals surface area contributed by atoms with Crippen molar-refractivity contribution in [1.82, 2.24) is 14.9 Å².